The molecule has 52 valence electrons. The molecule has 4 heteroatoms. The van der Waals surface area contributed by atoms with E-state index in [1.807, 2.05) is 4.92 Å². The van der Waals surface area contributed by atoms with Crippen LogP contribution in [0.4, 0.5) is 0 Å². The topological polar surface area (TPSA) is 38.5 Å². The summed E-state index contributed by atoms with van der Waals surface area (Å²) < 4.78 is 4.97. The van der Waals surface area contributed by atoms with E-state index in [0.717, 1.165) is 13.1 Å². The van der Waals surface area contributed by atoms with Gasteiger partial charge in [0, 0.05) is 20.2 Å². The van der Waals surface area contributed by atoms with E-state index in [1.165, 1.54) is 12.7 Å². The van der Waals surface area contributed by atoms with Crippen LogP contribution in [0.5, 0.6) is 0 Å². The van der Waals surface area contributed by atoms with Crippen molar-refractivity contribution in [1.29, 1.82) is 0 Å². The van der Waals surface area contributed by atoms with Gasteiger partial charge in [-0.2, -0.15) is 0 Å². The van der Waals surface area contributed by atoms with E-state index in [-0.39, 0.29) is 0 Å². The number of ether oxygens (including phenoxy) is 1. The van der Waals surface area contributed by atoms with Crippen LogP contribution in [0.25, 0.3) is 0 Å². The SMILES string of the molecule is COCB1CCCN1N. The van der Waals surface area contributed by atoms with E-state index in [1.54, 1.807) is 7.11 Å². The van der Waals surface area contributed by atoms with E-state index in [0.29, 0.717) is 6.85 Å². The molecule has 1 rings (SSSR count). The Labute approximate surface area is 56.2 Å². The molecule has 0 radical (unpaired) electrons. The van der Waals surface area contributed by atoms with Crippen LogP contribution < -0.4 is 5.84 Å². The molecule has 9 heavy (non-hydrogen) atoms. The number of rotatable bonds is 2. The Hall–Kier alpha value is -0.0551. The van der Waals surface area contributed by atoms with Crippen molar-refractivity contribution >= 4 is 6.85 Å². The second kappa shape index (κ2) is 3.20. The molecule has 0 aromatic carbocycles. The van der Waals surface area contributed by atoms with Crippen LogP contribution in [-0.2, 0) is 4.74 Å². The minimum Gasteiger partial charge on any atom is -0.391 e. The summed E-state index contributed by atoms with van der Waals surface area (Å²) in [6.45, 7) is 2.26. The Morgan fingerprint density at radius 1 is 1.78 bits per heavy atom. The van der Waals surface area contributed by atoms with E-state index in [9.17, 15) is 0 Å². The first kappa shape index (κ1) is 7.06. The molecule has 1 fully saturated rings. The Morgan fingerprint density at radius 2 is 2.56 bits per heavy atom. The van der Waals surface area contributed by atoms with E-state index in [4.69, 9.17) is 10.6 Å². The van der Waals surface area contributed by atoms with Gasteiger partial charge in [0.15, 0.2) is 0 Å². The average molecular weight is 128 g/mol. The Morgan fingerprint density at radius 3 is 3.00 bits per heavy atom. The van der Waals surface area contributed by atoms with Crippen molar-refractivity contribution in [2.45, 2.75) is 12.7 Å². The summed E-state index contributed by atoms with van der Waals surface area (Å²) in [6, 6.07) is 0. The van der Waals surface area contributed by atoms with Gasteiger partial charge in [-0.3, -0.25) is 10.8 Å². The van der Waals surface area contributed by atoms with Crippen LogP contribution in [0.1, 0.15) is 6.42 Å². The lowest BCUT2D eigenvalue weighted by molar-refractivity contribution is 0.241. The molecule has 1 heterocycles. The molecule has 0 aliphatic carbocycles. The Kier molecular flexibility index (Phi) is 2.51. The highest BCUT2D eigenvalue weighted by Crippen LogP contribution is 2.09. The molecular weight excluding hydrogens is 115 g/mol. The van der Waals surface area contributed by atoms with Crippen molar-refractivity contribution in [3.63, 3.8) is 0 Å². The maximum absolute atomic E-state index is 5.62. The molecule has 0 spiro atoms. The van der Waals surface area contributed by atoms with Crippen molar-refractivity contribution in [3.05, 3.63) is 0 Å². The fourth-order valence-corrected chi connectivity index (χ4v) is 1.23. The van der Waals surface area contributed by atoms with Gasteiger partial charge >= 0.3 is 0 Å². The molecule has 1 aliphatic rings. The summed E-state index contributed by atoms with van der Waals surface area (Å²) in [4.78, 5) is 1.86. The lowest BCUT2D eigenvalue weighted by Crippen LogP contribution is -2.42. The highest BCUT2D eigenvalue weighted by atomic mass is 16.5. The van der Waals surface area contributed by atoms with Crippen LogP contribution in [0.15, 0.2) is 0 Å². The zero-order valence-electron chi connectivity index (χ0n) is 5.84. The number of hydrazine groups is 1. The first-order valence-corrected chi connectivity index (χ1v) is 3.35. The third-order valence-electron chi connectivity index (χ3n) is 1.78. The monoisotopic (exact) mass is 128 g/mol. The van der Waals surface area contributed by atoms with Crippen LogP contribution >= 0.6 is 0 Å². The van der Waals surface area contributed by atoms with Gasteiger partial charge in [0.05, 0.1) is 0 Å². The molecule has 0 aromatic heterocycles. The summed E-state index contributed by atoms with van der Waals surface area (Å²) in [6.07, 6.45) is 2.40. The standard InChI is InChI=1S/C5H13BN2O/c1-9-5-6-3-2-4-8(6)7/h2-5,7H2,1H3. The average Bonchev–Trinajstić information content (AvgIpc) is 2.18. The zero-order valence-corrected chi connectivity index (χ0v) is 5.84. The molecular formula is C5H13BN2O. The van der Waals surface area contributed by atoms with Gasteiger partial charge in [0.1, 0.15) is 0 Å². The number of hydrogen-bond donors (Lipinski definition) is 1. The summed E-state index contributed by atoms with van der Waals surface area (Å²) in [7, 11) is 1.71. The van der Waals surface area contributed by atoms with Crippen molar-refractivity contribution in [3.8, 4) is 0 Å². The number of hydrogen-bond acceptors (Lipinski definition) is 3. The lowest BCUT2D eigenvalue weighted by Gasteiger charge is -2.13. The zero-order chi connectivity index (χ0) is 6.69. The van der Waals surface area contributed by atoms with Crippen LogP contribution in [0.3, 0.4) is 0 Å². The molecule has 1 saturated heterocycles. The summed E-state index contributed by atoms with van der Waals surface area (Å²) >= 11 is 0. The van der Waals surface area contributed by atoms with Crippen LogP contribution in [0, 0.1) is 0 Å². The molecule has 0 bridgehead atoms. The highest BCUT2D eigenvalue weighted by molar-refractivity contribution is 6.56. The summed E-state index contributed by atoms with van der Waals surface area (Å²) in [5.74, 6) is 5.62. The molecule has 0 atom stereocenters. The van der Waals surface area contributed by atoms with Gasteiger partial charge in [0.25, 0.3) is 6.85 Å². The van der Waals surface area contributed by atoms with Crippen LogP contribution in [0.2, 0.25) is 6.32 Å². The van der Waals surface area contributed by atoms with Crippen LogP contribution in [-0.4, -0.2) is 31.9 Å². The number of nitrogens with zero attached hydrogens (tertiary/aromatic N) is 1. The minimum absolute atomic E-state index is 0.468. The van der Waals surface area contributed by atoms with Crippen molar-refractivity contribution in [2.75, 3.05) is 20.2 Å². The van der Waals surface area contributed by atoms with Gasteiger partial charge in [-0.05, 0) is 6.42 Å². The van der Waals surface area contributed by atoms with E-state index < -0.39 is 0 Å². The van der Waals surface area contributed by atoms with E-state index >= 15 is 0 Å². The fraction of sp³-hybridized carbons (Fsp3) is 1.00. The molecule has 2 N–H and O–H groups in total. The predicted molar refractivity (Wildman–Crippen MR) is 37.9 cm³/mol. The second-order valence-corrected chi connectivity index (χ2v) is 2.49. The fourth-order valence-electron chi connectivity index (χ4n) is 1.23. The van der Waals surface area contributed by atoms with Gasteiger partial charge in [0.2, 0.25) is 0 Å². The maximum Gasteiger partial charge on any atom is 0.267 e. The number of methoxy groups -OCH3 is 1. The highest BCUT2D eigenvalue weighted by Gasteiger charge is 2.25. The van der Waals surface area contributed by atoms with E-state index in [2.05, 4.69) is 0 Å². The smallest absolute Gasteiger partial charge is 0.267 e. The lowest BCUT2D eigenvalue weighted by atomic mass is 9.62. The van der Waals surface area contributed by atoms with Crippen molar-refractivity contribution in [2.24, 2.45) is 5.84 Å². The predicted octanol–water partition coefficient (Wildman–Crippen LogP) is -0.257. The molecule has 1 aliphatic heterocycles. The maximum atomic E-state index is 5.62. The molecule has 0 amide bonds. The Balaban J connectivity index is 2.22. The summed E-state index contributed by atoms with van der Waals surface area (Å²) in [5.41, 5.74) is 0. The third kappa shape index (κ3) is 1.68. The molecule has 0 unspecified atom stereocenters. The first-order chi connectivity index (χ1) is 4.34. The second-order valence-electron chi connectivity index (χ2n) is 2.49. The minimum atomic E-state index is 0.468. The van der Waals surface area contributed by atoms with Gasteiger partial charge in [-0.15, -0.1) is 0 Å². The Bertz CT molecular complexity index is 91.0. The van der Waals surface area contributed by atoms with Gasteiger partial charge in [-0.25, -0.2) is 0 Å². The first-order valence-electron chi connectivity index (χ1n) is 3.35. The quantitative estimate of drug-likeness (QED) is 0.411. The number of nitrogens with two attached hydrogens (primary N) is 1. The molecule has 0 saturated carbocycles. The van der Waals surface area contributed by atoms with Crippen molar-refractivity contribution in [1.82, 2.24) is 4.92 Å². The molecule has 3 nitrogen and oxygen atoms in total. The summed E-state index contributed by atoms with van der Waals surface area (Å²) in [5, 5.41) is 0. The normalized spacial score (nSPS) is 21.3. The van der Waals surface area contributed by atoms with Crippen molar-refractivity contribution < 1.29 is 4.74 Å². The van der Waals surface area contributed by atoms with Gasteiger partial charge < -0.3 is 4.74 Å². The largest absolute Gasteiger partial charge is 0.391 e. The third-order valence-corrected chi connectivity index (χ3v) is 1.78. The molecule has 0 aromatic rings. The van der Waals surface area contributed by atoms with Gasteiger partial charge in [-0.1, -0.05) is 6.32 Å².